The molecule has 0 radical (unpaired) electrons. The standard InChI is InChI=1S/C17H25N5O/c1-11-15(12(2)21-20-11)5-7-22(4)17-9-16(18-13(3)19-17)14-6-8-23-10-14/h9,14H,5-8,10H2,1-4H3,(H,20,21)/t14-/m0/s1. The quantitative estimate of drug-likeness (QED) is 0.917. The van der Waals surface area contributed by atoms with Crippen LogP contribution in [-0.2, 0) is 11.2 Å². The van der Waals surface area contributed by atoms with Crippen molar-refractivity contribution in [1.29, 1.82) is 0 Å². The fourth-order valence-electron chi connectivity index (χ4n) is 3.08. The number of nitrogens with one attached hydrogen (secondary N) is 1. The second-order valence-corrected chi connectivity index (χ2v) is 6.34. The van der Waals surface area contributed by atoms with Crippen molar-refractivity contribution >= 4 is 5.82 Å². The average molecular weight is 315 g/mol. The van der Waals surface area contributed by atoms with Crippen molar-refractivity contribution in [2.45, 2.75) is 39.5 Å². The molecule has 3 rings (SSSR count). The number of aromatic nitrogens is 4. The van der Waals surface area contributed by atoms with Gasteiger partial charge in [0.05, 0.1) is 18.0 Å². The number of nitrogens with zero attached hydrogens (tertiary/aromatic N) is 4. The average Bonchev–Trinajstić information content (AvgIpc) is 3.16. The van der Waals surface area contributed by atoms with Gasteiger partial charge in [-0.3, -0.25) is 5.10 Å². The molecule has 0 aromatic carbocycles. The van der Waals surface area contributed by atoms with Crippen LogP contribution < -0.4 is 4.90 Å². The SMILES string of the molecule is Cc1nc([C@H]2CCOC2)cc(N(C)CCc2c(C)n[nH]c2C)n1. The van der Waals surface area contributed by atoms with E-state index in [1.165, 1.54) is 5.56 Å². The van der Waals surface area contributed by atoms with Gasteiger partial charge in [-0.25, -0.2) is 9.97 Å². The highest BCUT2D eigenvalue weighted by atomic mass is 16.5. The molecule has 1 N–H and O–H groups in total. The normalized spacial score (nSPS) is 17.7. The van der Waals surface area contributed by atoms with Crippen LogP contribution in [0.15, 0.2) is 6.07 Å². The molecule has 0 bridgehead atoms. The van der Waals surface area contributed by atoms with Crippen LogP contribution in [0.1, 0.15) is 40.8 Å². The number of hydrogen-bond acceptors (Lipinski definition) is 5. The number of anilines is 1. The molecule has 1 fully saturated rings. The molecule has 0 aliphatic carbocycles. The Bertz CT molecular complexity index is 656. The molecule has 0 amide bonds. The summed E-state index contributed by atoms with van der Waals surface area (Å²) in [7, 11) is 2.08. The van der Waals surface area contributed by atoms with E-state index in [1.54, 1.807) is 0 Å². The molecule has 1 atom stereocenters. The van der Waals surface area contributed by atoms with Gasteiger partial charge in [-0.05, 0) is 39.2 Å². The number of hydrogen-bond donors (Lipinski definition) is 1. The van der Waals surface area contributed by atoms with E-state index in [1.807, 2.05) is 13.8 Å². The Morgan fingerprint density at radius 2 is 2.13 bits per heavy atom. The lowest BCUT2D eigenvalue weighted by Crippen LogP contribution is -2.23. The second kappa shape index (κ2) is 6.66. The highest BCUT2D eigenvalue weighted by molar-refractivity contribution is 5.40. The van der Waals surface area contributed by atoms with E-state index in [0.29, 0.717) is 5.92 Å². The van der Waals surface area contributed by atoms with Crippen molar-refractivity contribution in [1.82, 2.24) is 20.2 Å². The van der Waals surface area contributed by atoms with Crippen LogP contribution >= 0.6 is 0 Å². The summed E-state index contributed by atoms with van der Waals surface area (Å²) < 4.78 is 5.49. The predicted octanol–water partition coefficient (Wildman–Crippen LogP) is 2.31. The van der Waals surface area contributed by atoms with Gasteiger partial charge in [0.25, 0.3) is 0 Å². The maximum absolute atomic E-state index is 5.49. The third-order valence-corrected chi connectivity index (χ3v) is 4.56. The van der Waals surface area contributed by atoms with Gasteiger partial charge in [0.1, 0.15) is 11.6 Å². The van der Waals surface area contributed by atoms with E-state index in [9.17, 15) is 0 Å². The lowest BCUT2D eigenvalue weighted by atomic mass is 10.0. The van der Waals surface area contributed by atoms with Crippen LogP contribution in [0, 0.1) is 20.8 Å². The van der Waals surface area contributed by atoms with Crippen molar-refractivity contribution in [3.8, 4) is 0 Å². The molecule has 3 heterocycles. The monoisotopic (exact) mass is 315 g/mol. The van der Waals surface area contributed by atoms with E-state index in [2.05, 4.69) is 45.1 Å². The third kappa shape index (κ3) is 3.52. The number of aromatic amines is 1. The predicted molar refractivity (Wildman–Crippen MR) is 90.0 cm³/mol. The van der Waals surface area contributed by atoms with Gasteiger partial charge in [-0.15, -0.1) is 0 Å². The number of rotatable bonds is 5. The van der Waals surface area contributed by atoms with Gasteiger partial charge in [0.15, 0.2) is 0 Å². The van der Waals surface area contributed by atoms with Gasteiger partial charge in [0, 0.05) is 37.9 Å². The first-order valence-corrected chi connectivity index (χ1v) is 8.19. The molecular weight excluding hydrogens is 290 g/mol. The summed E-state index contributed by atoms with van der Waals surface area (Å²) in [6.07, 6.45) is 2.00. The van der Waals surface area contributed by atoms with Gasteiger partial charge in [0.2, 0.25) is 0 Å². The number of likely N-dealkylation sites (N-methyl/N-ethyl adjacent to an activating group) is 1. The molecule has 124 valence electrons. The minimum atomic E-state index is 0.405. The Balaban J connectivity index is 1.72. The molecule has 23 heavy (non-hydrogen) atoms. The Morgan fingerprint density at radius 3 is 2.78 bits per heavy atom. The largest absolute Gasteiger partial charge is 0.381 e. The van der Waals surface area contributed by atoms with Gasteiger partial charge in [-0.2, -0.15) is 5.10 Å². The molecule has 1 saturated heterocycles. The van der Waals surface area contributed by atoms with E-state index < -0.39 is 0 Å². The van der Waals surface area contributed by atoms with Crippen LogP contribution in [0.4, 0.5) is 5.82 Å². The first-order chi connectivity index (χ1) is 11.0. The summed E-state index contributed by atoms with van der Waals surface area (Å²) in [5.74, 6) is 2.22. The molecule has 1 aliphatic heterocycles. The highest BCUT2D eigenvalue weighted by Gasteiger charge is 2.21. The zero-order chi connectivity index (χ0) is 16.4. The number of ether oxygens (including phenoxy) is 1. The van der Waals surface area contributed by atoms with Crippen LogP contribution in [0.2, 0.25) is 0 Å². The molecule has 2 aromatic heterocycles. The lowest BCUT2D eigenvalue weighted by Gasteiger charge is -2.20. The van der Waals surface area contributed by atoms with Crippen LogP contribution in [0.5, 0.6) is 0 Å². The molecule has 0 unspecified atom stereocenters. The summed E-state index contributed by atoms with van der Waals surface area (Å²) >= 11 is 0. The summed E-state index contributed by atoms with van der Waals surface area (Å²) in [5, 5.41) is 7.31. The van der Waals surface area contributed by atoms with E-state index in [0.717, 1.165) is 61.3 Å². The summed E-state index contributed by atoms with van der Waals surface area (Å²) in [6.45, 7) is 8.58. The van der Waals surface area contributed by atoms with Gasteiger partial charge in [-0.1, -0.05) is 0 Å². The second-order valence-electron chi connectivity index (χ2n) is 6.34. The molecule has 1 aliphatic rings. The fraction of sp³-hybridized carbons (Fsp3) is 0.588. The zero-order valence-electron chi connectivity index (χ0n) is 14.4. The minimum absolute atomic E-state index is 0.405. The number of H-pyrrole nitrogens is 1. The van der Waals surface area contributed by atoms with Crippen LogP contribution in [0.3, 0.4) is 0 Å². The maximum Gasteiger partial charge on any atom is 0.132 e. The van der Waals surface area contributed by atoms with Crippen molar-refractivity contribution < 1.29 is 4.74 Å². The van der Waals surface area contributed by atoms with Crippen molar-refractivity contribution in [3.05, 3.63) is 34.5 Å². The minimum Gasteiger partial charge on any atom is -0.381 e. The summed E-state index contributed by atoms with van der Waals surface area (Å²) in [5.41, 5.74) is 4.64. The summed E-state index contributed by atoms with van der Waals surface area (Å²) in [6, 6.07) is 2.11. The molecule has 6 nitrogen and oxygen atoms in total. The first-order valence-electron chi connectivity index (χ1n) is 8.19. The Kier molecular flexibility index (Phi) is 4.61. The number of aryl methyl sites for hydroxylation is 3. The zero-order valence-corrected chi connectivity index (χ0v) is 14.4. The van der Waals surface area contributed by atoms with Crippen LogP contribution in [-0.4, -0.2) is 47.0 Å². The van der Waals surface area contributed by atoms with E-state index in [-0.39, 0.29) is 0 Å². The van der Waals surface area contributed by atoms with Crippen LogP contribution in [0.25, 0.3) is 0 Å². The highest BCUT2D eigenvalue weighted by Crippen LogP contribution is 2.26. The van der Waals surface area contributed by atoms with Crippen molar-refractivity contribution in [2.75, 3.05) is 31.7 Å². The van der Waals surface area contributed by atoms with Gasteiger partial charge < -0.3 is 9.64 Å². The Labute approximate surface area is 137 Å². The van der Waals surface area contributed by atoms with Crippen molar-refractivity contribution in [2.24, 2.45) is 0 Å². The first kappa shape index (κ1) is 15.9. The van der Waals surface area contributed by atoms with E-state index in [4.69, 9.17) is 4.74 Å². The maximum atomic E-state index is 5.49. The molecule has 2 aromatic rings. The Hall–Kier alpha value is -1.95. The molecule has 6 heteroatoms. The third-order valence-electron chi connectivity index (χ3n) is 4.56. The Morgan fingerprint density at radius 1 is 1.30 bits per heavy atom. The lowest BCUT2D eigenvalue weighted by molar-refractivity contribution is 0.193. The molecular formula is C17H25N5O. The van der Waals surface area contributed by atoms with E-state index >= 15 is 0 Å². The van der Waals surface area contributed by atoms with Crippen molar-refractivity contribution in [3.63, 3.8) is 0 Å². The molecule has 0 saturated carbocycles. The molecule has 0 spiro atoms. The topological polar surface area (TPSA) is 66.9 Å². The summed E-state index contributed by atoms with van der Waals surface area (Å²) in [4.78, 5) is 11.4. The fourth-order valence-corrected chi connectivity index (χ4v) is 3.08. The van der Waals surface area contributed by atoms with Gasteiger partial charge >= 0.3 is 0 Å². The smallest absolute Gasteiger partial charge is 0.132 e.